The maximum Gasteiger partial charge on any atom is 0.186 e. The molecule has 0 aromatic carbocycles. The molecule has 0 saturated carbocycles. The zero-order chi connectivity index (χ0) is 33.6. The van der Waals surface area contributed by atoms with Crippen molar-refractivity contribution in [3.63, 3.8) is 0 Å². The normalized spacial score (nSPS) is 14.2. The summed E-state index contributed by atoms with van der Waals surface area (Å²) in [5, 5.41) is 32.8. The number of unbranched alkanes of at least 4 members (excludes halogenated alkanes) is 22. The molecule has 0 heterocycles. The van der Waals surface area contributed by atoms with Crippen molar-refractivity contribution in [2.24, 2.45) is 0 Å². The van der Waals surface area contributed by atoms with Crippen LogP contribution in [0.1, 0.15) is 194 Å². The van der Waals surface area contributed by atoms with Crippen LogP contribution in [-0.4, -0.2) is 78.2 Å². The number of carboxylic acid groups (broad SMARTS) is 1. The summed E-state index contributed by atoms with van der Waals surface area (Å²) in [7, 11) is 5.77. The Balaban J connectivity index is 4.96. The van der Waals surface area contributed by atoms with Gasteiger partial charge < -0.3 is 24.6 Å². The zero-order valence-corrected chi connectivity index (χ0v) is 31.1. The van der Waals surface area contributed by atoms with E-state index < -0.39 is 12.1 Å². The van der Waals surface area contributed by atoms with Crippen molar-refractivity contribution in [3.8, 4) is 0 Å². The minimum absolute atomic E-state index is 0.0350. The van der Waals surface area contributed by atoms with E-state index in [2.05, 4.69) is 18.7 Å². The molecule has 0 aliphatic heterocycles. The number of aliphatic hydroxyl groups is 2. The monoisotopic (exact) mass is 641 g/mol. The lowest BCUT2D eigenvalue weighted by molar-refractivity contribution is -0.902. The molecule has 0 aromatic heterocycles. The van der Waals surface area contributed by atoms with E-state index in [0.717, 1.165) is 38.5 Å². The molecule has 0 radical (unpaired) electrons. The second-order valence-corrected chi connectivity index (χ2v) is 14.9. The van der Waals surface area contributed by atoms with E-state index in [1.54, 1.807) is 0 Å². The fourth-order valence-corrected chi connectivity index (χ4v) is 7.16. The molecule has 0 amide bonds. The predicted octanol–water partition coefficient (Wildman–Crippen LogP) is 8.76. The molecule has 6 nitrogen and oxygen atoms in total. The Labute approximate surface area is 281 Å². The van der Waals surface area contributed by atoms with Crippen LogP contribution in [0.5, 0.6) is 0 Å². The van der Waals surface area contributed by atoms with Gasteiger partial charge >= 0.3 is 0 Å². The van der Waals surface area contributed by atoms with Gasteiger partial charge in [0.1, 0.15) is 5.97 Å². The molecular weight excluding hydrogens is 560 g/mol. The average Bonchev–Trinajstić information content (AvgIpc) is 2.99. The van der Waals surface area contributed by atoms with Crippen molar-refractivity contribution in [1.29, 1.82) is 0 Å². The third-order valence-electron chi connectivity index (χ3n) is 9.78. The Bertz CT molecular complexity index is 601. The number of aliphatic carboxylic acids is 1. The summed E-state index contributed by atoms with van der Waals surface area (Å²) in [4.78, 5) is 14.8. The molecule has 0 aromatic rings. The maximum absolute atomic E-state index is 12.7. The first-order chi connectivity index (χ1) is 21.7. The molecule has 0 aliphatic rings. The topological polar surface area (TPSA) is 83.8 Å². The van der Waals surface area contributed by atoms with Crippen LogP contribution in [0.15, 0.2) is 0 Å². The number of aliphatic hydroxyl groups excluding tert-OH is 2. The number of carbonyl (C=O) groups is 1. The molecular formula is C39H80N2O4. The van der Waals surface area contributed by atoms with Crippen LogP contribution in [0.3, 0.4) is 0 Å². The summed E-state index contributed by atoms with van der Waals surface area (Å²) in [6, 6.07) is -0.0699. The van der Waals surface area contributed by atoms with Gasteiger partial charge in [0.15, 0.2) is 6.17 Å². The predicted molar refractivity (Wildman–Crippen MR) is 191 cm³/mol. The van der Waals surface area contributed by atoms with Gasteiger partial charge in [-0.2, -0.15) is 0 Å². The molecule has 0 spiro atoms. The summed E-state index contributed by atoms with van der Waals surface area (Å²) in [6.45, 7) is 4.62. The first kappa shape index (κ1) is 44.3. The Kier molecular flexibility index (Phi) is 30.2. The third-order valence-corrected chi connectivity index (χ3v) is 9.78. The van der Waals surface area contributed by atoms with Gasteiger partial charge in [0.2, 0.25) is 0 Å². The van der Waals surface area contributed by atoms with Gasteiger partial charge in [-0.3, -0.25) is 0 Å². The highest BCUT2D eigenvalue weighted by Crippen LogP contribution is 2.28. The van der Waals surface area contributed by atoms with E-state index in [9.17, 15) is 20.1 Å². The summed E-state index contributed by atoms with van der Waals surface area (Å²) in [5.41, 5.74) is 0. The number of nitrogens with zero attached hydrogens (tertiary/aromatic N) is 2. The lowest BCUT2D eigenvalue weighted by atomic mass is 9.95. The molecule has 0 rings (SSSR count). The second-order valence-electron chi connectivity index (χ2n) is 14.9. The SMILES string of the molecule is CCCCCCCCCCCCCCC(CCO)N(C(CCO)CCCCCCCCCCCCCC)C(C(=O)[O-])[N+](C)(C)C. The summed E-state index contributed by atoms with van der Waals surface area (Å²) in [5.74, 6) is -1.06. The molecule has 0 fully saturated rings. The molecule has 6 heteroatoms. The van der Waals surface area contributed by atoms with Gasteiger partial charge in [0.25, 0.3) is 0 Å². The lowest BCUT2D eigenvalue weighted by Crippen LogP contribution is -2.67. The standard InChI is InChI=1S/C39H80N2O4/c1-6-8-10-12-14-16-18-20-22-24-26-28-30-36(32-34-42)40(38(39(44)45)41(3,4)5)37(33-35-43)31-29-27-25-23-21-19-17-15-13-11-9-7-2/h36-38,42-43H,6-35H2,1-5H3. The number of quaternary nitrogens is 1. The summed E-state index contributed by atoms with van der Waals surface area (Å²) < 4.78 is 0.239. The van der Waals surface area contributed by atoms with Gasteiger partial charge in [-0.25, -0.2) is 4.90 Å². The van der Waals surface area contributed by atoms with Crippen LogP contribution in [0.4, 0.5) is 0 Å². The summed E-state index contributed by atoms with van der Waals surface area (Å²) in [6.07, 6.45) is 33.1. The quantitative estimate of drug-likeness (QED) is 0.0411. The highest BCUT2D eigenvalue weighted by molar-refractivity contribution is 5.69. The Morgan fingerprint density at radius 3 is 1.00 bits per heavy atom. The number of rotatable bonds is 35. The van der Waals surface area contributed by atoms with E-state index >= 15 is 0 Å². The van der Waals surface area contributed by atoms with E-state index in [4.69, 9.17) is 0 Å². The molecule has 0 bridgehead atoms. The smallest absolute Gasteiger partial charge is 0.186 e. The number of likely N-dealkylation sites (N-methyl/N-ethyl adjacent to an activating group) is 1. The van der Waals surface area contributed by atoms with E-state index in [1.165, 1.54) is 128 Å². The molecule has 3 unspecified atom stereocenters. The van der Waals surface area contributed by atoms with Gasteiger partial charge in [-0.1, -0.05) is 168 Å². The highest BCUT2D eigenvalue weighted by Gasteiger charge is 2.40. The first-order valence-corrected chi connectivity index (χ1v) is 19.8. The van der Waals surface area contributed by atoms with Crippen molar-refractivity contribution in [2.45, 2.75) is 212 Å². The Morgan fingerprint density at radius 2 is 0.778 bits per heavy atom. The van der Waals surface area contributed by atoms with Gasteiger partial charge in [0.05, 0.1) is 21.1 Å². The van der Waals surface area contributed by atoms with Crippen LogP contribution < -0.4 is 5.11 Å². The van der Waals surface area contributed by atoms with Crippen molar-refractivity contribution in [1.82, 2.24) is 4.90 Å². The fourth-order valence-electron chi connectivity index (χ4n) is 7.16. The number of carboxylic acids is 1. The number of hydrogen-bond acceptors (Lipinski definition) is 5. The Morgan fingerprint density at radius 1 is 0.511 bits per heavy atom. The van der Waals surface area contributed by atoms with E-state index in [1.807, 2.05) is 21.1 Å². The minimum atomic E-state index is -1.06. The molecule has 0 aliphatic carbocycles. The van der Waals surface area contributed by atoms with E-state index in [0.29, 0.717) is 12.8 Å². The van der Waals surface area contributed by atoms with Crippen LogP contribution >= 0.6 is 0 Å². The second kappa shape index (κ2) is 30.6. The van der Waals surface area contributed by atoms with Crippen molar-refractivity contribution in [3.05, 3.63) is 0 Å². The molecule has 2 N–H and O–H groups in total. The maximum atomic E-state index is 12.7. The van der Waals surface area contributed by atoms with Crippen LogP contribution in [0, 0.1) is 0 Å². The van der Waals surface area contributed by atoms with Crippen molar-refractivity contribution in [2.75, 3.05) is 34.4 Å². The van der Waals surface area contributed by atoms with Crippen molar-refractivity contribution >= 4 is 5.97 Å². The first-order valence-electron chi connectivity index (χ1n) is 19.8. The van der Waals surface area contributed by atoms with E-state index in [-0.39, 0.29) is 29.8 Å². The van der Waals surface area contributed by atoms with Gasteiger partial charge in [0, 0.05) is 25.3 Å². The molecule has 270 valence electrons. The Hall–Kier alpha value is -0.690. The van der Waals surface area contributed by atoms with Crippen LogP contribution in [0.25, 0.3) is 0 Å². The van der Waals surface area contributed by atoms with Crippen LogP contribution in [0.2, 0.25) is 0 Å². The lowest BCUT2D eigenvalue weighted by Gasteiger charge is -2.48. The molecule has 0 saturated heterocycles. The minimum Gasteiger partial charge on any atom is -0.543 e. The van der Waals surface area contributed by atoms with Crippen molar-refractivity contribution < 1.29 is 24.6 Å². The fraction of sp³-hybridized carbons (Fsp3) is 0.974. The average molecular weight is 641 g/mol. The summed E-state index contributed by atoms with van der Waals surface area (Å²) >= 11 is 0. The number of hydrogen-bond donors (Lipinski definition) is 2. The largest absolute Gasteiger partial charge is 0.543 e. The molecule has 45 heavy (non-hydrogen) atoms. The number of carbonyl (C=O) groups excluding carboxylic acids is 1. The van der Waals surface area contributed by atoms with Crippen LogP contribution in [-0.2, 0) is 4.79 Å². The highest BCUT2D eigenvalue weighted by atomic mass is 16.4. The zero-order valence-electron chi connectivity index (χ0n) is 31.1. The third kappa shape index (κ3) is 24.2. The molecule has 3 atom stereocenters. The van der Waals surface area contributed by atoms with Gasteiger partial charge in [-0.05, 0) is 25.7 Å². The van der Waals surface area contributed by atoms with Gasteiger partial charge in [-0.15, -0.1) is 0 Å².